The molecular formula is C12H14N4. The molecule has 0 atom stereocenters. The van der Waals surface area contributed by atoms with Crippen LogP contribution in [0.15, 0.2) is 30.6 Å². The summed E-state index contributed by atoms with van der Waals surface area (Å²) < 4.78 is 0. The van der Waals surface area contributed by atoms with Gasteiger partial charge in [-0.15, -0.1) is 20.4 Å². The lowest BCUT2D eigenvalue weighted by Gasteiger charge is -2.18. The first-order chi connectivity index (χ1) is 7.57. The zero-order valence-electron chi connectivity index (χ0n) is 9.68. The number of benzene rings is 1. The van der Waals surface area contributed by atoms with E-state index < -0.39 is 0 Å². The molecule has 4 nitrogen and oxygen atoms in total. The molecule has 0 radical (unpaired) electrons. The summed E-state index contributed by atoms with van der Waals surface area (Å²) in [6, 6.07) is 8.18. The summed E-state index contributed by atoms with van der Waals surface area (Å²) in [6.07, 6.45) is 1.33. The van der Waals surface area contributed by atoms with Gasteiger partial charge in [-0.25, -0.2) is 0 Å². The van der Waals surface area contributed by atoms with Crippen LogP contribution in [0, 0.1) is 0 Å². The Kier molecular flexibility index (Phi) is 2.64. The van der Waals surface area contributed by atoms with Crippen molar-refractivity contribution in [2.75, 3.05) is 0 Å². The Morgan fingerprint density at radius 3 is 1.94 bits per heavy atom. The molecule has 0 saturated heterocycles. The molecule has 0 fully saturated rings. The first-order valence-electron chi connectivity index (χ1n) is 5.18. The third-order valence-corrected chi connectivity index (χ3v) is 2.42. The van der Waals surface area contributed by atoms with E-state index in [4.69, 9.17) is 0 Å². The Morgan fingerprint density at radius 2 is 1.44 bits per heavy atom. The van der Waals surface area contributed by atoms with Gasteiger partial charge in [-0.3, -0.25) is 0 Å². The normalized spacial score (nSPS) is 11.4. The van der Waals surface area contributed by atoms with Crippen molar-refractivity contribution < 1.29 is 0 Å². The Labute approximate surface area is 94.8 Å². The van der Waals surface area contributed by atoms with Crippen molar-refractivity contribution in [3.8, 4) is 11.4 Å². The zero-order valence-corrected chi connectivity index (χ0v) is 9.68. The molecule has 1 aromatic heterocycles. The summed E-state index contributed by atoms with van der Waals surface area (Å²) in [5.41, 5.74) is 2.38. The Balaban J connectivity index is 2.34. The highest BCUT2D eigenvalue weighted by Gasteiger charge is 2.13. The third-order valence-electron chi connectivity index (χ3n) is 2.42. The molecule has 0 spiro atoms. The average Bonchev–Trinajstić information content (AvgIpc) is 2.29. The summed E-state index contributed by atoms with van der Waals surface area (Å²) in [6.45, 7) is 6.55. The van der Waals surface area contributed by atoms with Crippen molar-refractivity contribution in [1.29, 1.82) is 0 Å². The minimum atomic E-state index is 0.159. The molecule has 0 aliphatic heterocycles. The highest BCUT2D eigenvalue weighted by Crippen LogP contribution is 2.24. The van der Waals surface area contributed by atoms with Crippen LogP contribution in [0.25, 0.3) is 11.4 Å². The summed E-state index contributed by atoms with van der Waals surface area (Å²) in [4.78, 5) is 0. The van der Waals surface area contributed by atoms with Crippen molar-refractivity contribution in [2.45, 2.75) is 26.2 Å². The highest BCUT2D eigenvalue weighted by atomic mass is 15.3. The minimum Gasteiger partial charge on any atom is -0.135 e. The predicted molar refractivity (Wildman–Crippen MR) is 61.8 cm³/mol. The van der Waals surface area contributed by atoms with E-state index in [1.165, 1.54) is 11.9 Å². The Hall–Kier alpha value is -1.84. The van der Waals surface area contributed by atoms with Gasteiger partial charge in [-0.2, -0.15) is 0 Å². The maximum Gasteiger partial charge on any atom is 0.203 e. The third kappa shape index (κ3) is 2.21. The van der Waals surface area contributed by atoms with E-state index in [0.717, 1.165) is 5.56 Å². The van der Waals surface area contributed by atoms with Gasteiger partial charge in [0.2, 0.25) is 5.82 Å². The lowest BCUT2D eigenvalue weighted by molar-refractivity contribution is 0.590. The second-order valence-corrected chi connectivity index (χ2v) is 4.70. The molecule has 16 heavy (non-hydrogen) atoms. The van der Waals surface area contributed by atoms with Crippen LogP contribution in [0.1, 0.15) is 26.3 Å². The van der Waals surface area contributed by atoms with Gasteiger partial charge in [0.15, 0.2) is 6.33 Å². The quantitative estimate of drug-likeness (QED) is 0.730. The van der Waals surface area contributed by atoms with Crippen molar-refractivity contribution in [3.63, 3.8) is 0 Å². The average molecular weight is 214 g/mol. The number of hydrogen-bond donors (Lipinski definition) is 0. The zero-order chi connectivity index (χ0) is 11.6. The molecule has 0 unspecified atom stereocenters. The highest BCUT2D eigenvalue weighted by molar-refractivity contribution is 5.54. The molecule has 2 aromatic rings. The summed E-state index contributed by atoms with van der Waals surface area (Å²) in [7, 11) is 0. The molecule has 1 heterocycles. The van der Waals surface area contributed by atoms with Crippen LogP contribution in [-0.2, 0) is 5.41 Å². The predicted octanol–water partition coefficient (Wildman–Crippen LogP) is 2.23. The molecule has 0 saturated carbocycles. The molecule has 1 aromatic carbocycles. The van der Waals surface area contributed by atoms with Gasteiger partial charge in [0.25, 0.3) is 0 Å². The van der Waals surface area contributed by atoms with Gasteiger partial charge < -0.3 is 0 Å². The fourth-order valence-corrected chi connectivity index (χ4v) is 1.44. The molecule has 0 aliphatic carbocycles. The topological polar surface area (TPSA) is 51.6 Å². The van der Waals surface area contributed by atoms with Crippen LogP contribution >= 0.6 is 0 Å². The van der Waals surface area contributed by atoms with Gasteiger partial charge in [0.1, 0.15) is 0 Å². The van der Waals surface area contributed by atoms with Crippen molar-refractivity contribution in [1.82, 2.24) is 20.4 Å². The van der Waals surface area contributed by atoms with E-state index in [9.17, 15) is 0 Å². The smallest absolute Gasteiger partial charge is 0.135 e. The van der Waals surface area contributed by atoms with Crippen molar-refractivity contribution >= 4 is 0 Å². The fraction of sp³-hybridized carbons (Fsp3) is 0.333. The van der Waals surface area contributed by atoms with Gasteiger partial charge in [0.05, 0.1) is 0 Å². The van der Waals surface area contributed by atoms with E-state index in [2.05, 4.69) is 53.3 Å². The monoisotopic (exact) mass is 214 g/mol. The molecule has 0 bridgehead atoms. The first kappa shape index (κ1) is 10.7. The van der Waals surface area contributed by atoms with Crippen LogP contribution in [-0.4, -0.2) is 20.4 Å². The minimum absolute atomic E-state index is 0.159. The largest absolute Gasteiger partial charge is 0.203 e. The Morgan fingerprint density at radius 1 is 0.875 bits per heavy atom. The van der Waals surface area contributed by atoms with Crippen molar-refractivity contribution in [3.05, 3.63) is 36.2 Å². The fourth-order valence-electron chi connectivity index (χ4n) is 1.44. The van der Waals surface area contributed by atoms with Gasteiger partial charge in [0, 0.05) is 5.56 Å². The number of aromatic nitrogens is 4. The molecule has 0 aliphatic rings. The second kappa shape index (κ2) is 3.96. The van der Waals surface area contributed by atoms with E-state index in [1.807, 2.05) is 12.1 Å². The van der Waals surface area contributed by atoms with Crippen molar-refractivity contribution in [2.24, 2.45) is 0 Å². The lowest BCUT2D eigenvalue weighted by atomic mass is 9.87. The van der Waals surface area contributed by atoms with E-state index >= 15 is 0 Å². The van der Waals surface area contributed by atoms with E-state index in [1.54, 1.807) is 0 Å². The molecule has 4 heteroatoms. The van der Waals surface area contributed by atoms with Gasteiger partial charge in [-0.05, 0) is 11.0 Å². The van der Waals surface area contributed by atoms with Gasteiger partial charge in [-0.1, -0.05) is 45.0 Å². The number of nitrogens with zero attached hydrogens (tertiary/aromatic N) is 4. The van der Waals surface area contributed by atoms with Crippen LogP contribution in [0.5, 0.6) is 0 Å². The second-order valence-electron chi connectivity index (χ2n) is 4.70. The van der Waals surface area contributed by atoms with Crippen LogP contribution < -0.4 is 0 Å². The first-order valence-corrected chi connectivity index (χ1v) is 5.18. The van der Waals surface area contributed by atoms with E-state index in [0.29, 0.717) is 5.82 Å². The molecule has 0 N–H and O–H groups in total. The van der Waals surface area contributed by atoms with E-state index in [-0.39, 0.29) is 5.41 Å². The molecular weight excluding hydrogens is 200 g/mol. The standard InChI is InChI=1S/C12H14N4/c1-12(2,3)10-6-4-9(5-7-10)11-15-13-8-14-16-11/h4-8H,1-3H3. The number of rotatable bonds is 1. The lowest BCUT2D eigenvalue weighted by Crippen LogP contribution is -2.10. The van der Waals surface area contributed by atoms with Crippen LogP contribution in [0.2, 0.25) is 0 Å². The molecule has 2 rings (SSSR count). The van der Waals surface area contributed by atoms with Gasteiger partial charge >= 0.3 is 0 Å². The van der Waals surface area contributed by atoms with Crippen LogP contribution in [0.4, 0.5) is 0 Å². The SMILES string of the molecule is CC(C)(C)c1ccc(-c2nncnn2)cc1. The number of hydrogen-bond acceptors (Lipinski definition) is 4. The molecule has 0 amide bonds. The molecule has 82 valence electrons. The maximum absolute atomic E-state index is 3.92. The summed E-state index contributed by atoms with van der Waals surface area (Å²) >= 11 is 0. The summed E-state index contributed by atoms with van der Waals surface area (Å²) in [5.74, 6) is 0.558. The summed E-state index contributed by atoms with van der Waals surface area (Å²) in [5, 5.41) is 15.3. The Bertz CT molecular complexity index is 457. The maximum atomic E-state index is 3.92. The van der Waals surface area contributed by atoms with Crippen LogP contribution in [0.3, 0.4) is 0 Å².